The molecule has 0 radical (unpaired) electrons. The summed E-state index contributed by atoms with van der Waals surface area (Å²) in [5.74, 6) is 0. The van der Waals surface area contributed by atoms with Gasteiger partial charge in [0.15, 0.2) is 0 Å². The minimum atomic E-state index is -0.118. The van der Waals surface area contributed by atoms with Gasteiger partial charge in [-0.2, -0.15) is 10.5 Å². The molecule has 0 saturated carbocycles. The van der Waals surface area contributed by atoms with E-state index in [4.69, 9.17) is 29.5 Å². The SMILES string of the molecule is N#CCCO[C@H]1COC2C1OC[C@H]2OCCC#N. The molecule has 0 amide bonds. The first-order chi connectivity index (χ1) is 8.86. The molecule has 2 rings (SSSR count). The van der Waals surface area contributed by atoms with E-state index in [-0.39, 0.29) is 24.4 Å². The van der Waals surface area contributed by atoms with E-state index in [0.717, 1.165) is 0 Å². The van der Waals surface area contributed by atoms with Crippen molar-refractivity contribution in [1.29, 1.82) is 10.5 Å². The molecular weight excluding hydrogens is 236 g/mol. The van der Waals surface area contributed by atoms with E-state index in [1.807, 2.05) is 12.1 Å². The van der Waals surface area contributed by atoms with Crippen LogP contribution in [0.2, 0.25) is 0 Å². The fraction of sp³-hybridized carbons (Fsp3) is 0.833. The van der Waals surface area contributed by atoms with Crippen molar-refractivity contribution in [1.82, 2.24) is 0 Å². The lowest BCUT2D eigenvalue weighted by atomic mass is 10.1. The number of nitrogens with zero attached hydrogens (tertiary/aromatic N) is 2. The highest BCUT2D eigenvalue weighted by Gasteiger charge is 2.48. The number of hydrogen-bond donors (Lipinski definition) is 0. The van der Waals surface area contributed by atoms with Gasteiger partial charge in [-0.3, -0.25) is 0 Å². The van der Waals surface area contributed by atoms with Crippen LogP contribution in [-0.2, 0) is 18.9 Å². The smallest absolute Gasteiger partial charge is 0.115 e. The Morgan fingerprint density at radius 1 is 0.889 bits per heavy atom. The molecular formula is C12H16N2O4. The Kier molecular flexibility index (Phi) is 4.91. The maximum atomic E-state index is 8.45. The molecule has 6 heteroatoms. The molecule has 98 valence electrons. The van der Waals surface area contributed by atoms with Gasteiger partial charge in [0, 0.05) is 0 Å². The van der Waals surface area contributed by atoms with Gasteiger partial charge >= 0.3 is 0 Å². The van der Waals surface area contributed by atoms with Crippen molar-refractivity contribution in [2.45, 2.75) is 37.3 Å². The summed E-state index contributed by atoms with van der Waals surface area (Å²) >= 11 is 0. The number of rotatable bonds is 6. The van der Waals surface area contributed by atoms with E-state index in [1.54, 1.807) is 0 Å². The predicted molar refractivity (Wildman–Crippen MR) is 59.4 cm³/mol. The van der Waals surface area contributed by atoms with Crippen molar-refractivity contribution in [2.75, 3.05) is 26.4 Å². The van der Waals surface area contributed by atoms with Crippen molar-refractivity contribution in [3.05, 3.63) is 0 Å². The summed E-state index contributed by atoms with van der Waals surface area (Å²) in [6.07, 6.45) is 0.277. The van der Waals surface area contributed by atoms with Gasteiger partial charge in [0.1, 0.15) is 24.4 Å². The number of fused-ring (bicyclic) bond motifs is 1. The van der Waals surface area contributed by atoms with Gasteiger partial charge in [-0.25, -0.2) is 0 Å². The molecule has 2 aliphatic heterocycles. The second kappa shape index (κ2) is 6.67. The number of nitriles is 2. The van der Waals surface area contributed by atoms with E-state index in [2.05, 4.69) is 0 Å². The normalized spacial score (nSPS) is 33.9. The third kappa shape index (κ3) is 2.98. The van der Waals surface area contributed by atoms with Crippen LogP contribution < -0.4 is 0 Å². The van der Waals surface area contributed by atoms with Crippen LogP contribution in [-0.4, -0.2) is 50.8 Å². The third-order valence-corrected chi connectivity index (χ3v) is 3.05. The molecule has 2 heterocycles. The molecule has 2 fully saturated rings. The van der Waals surface area contributed by atoms with Crippen molar-refractivity contribution < 1.29 is 18.9 Å². The summed E-state index contributed by atoms with van der Waals surface area (Å²) in [5, 5.41) is 16.9. The van der Waals surface area contributed by atoms with Gasteiger partial charge in [0.2, 0.25) is 0 Å². The molecule has 18 heavy (non-hydrogen) atoms. The largest absolute Gasteiger partial charge is 0.372 e. The van der Waals surface area contributed by atoms with Crippen LogP contribution in [0.15, 0.2) is 0 Å². The summed E-state index contributed by atoms with van der Waals surface area (Å²) in [6, 6.07) is 4.07. The molecule has 0 aromatic rings. The maximum absolute atomic E-state index is 8.45. The van der Waals surface area contributed by atoms with Crippen LogP contribution >= 0.6 is 0 Å². The highest BCUT2D eigenvalue weighted by atomic mass is 16.6. The Labute approximate surface area is 106 Å². The lowest BCUT2D eigenvalue weighted by Crippen LogP contribution is -2.34. The van der Waals surface area contributed by atoms with Crippen LogP contribution in [0.4, 0.5) is 0 Å². The average Bonchev–Trinajstić information content (AvgIpc) is 2.94. The Morgan fingerprint density at radius 3 is 1.72 bits per heavy atom. The molecule has 0 spiro atoms. The van der Waals surface area contributed by atoms with Gasteiger partial charge in [-0.1, -0.05) is 0 Å². The molecule has 0 aliphatic carbocycles. The van der Waals surface area contributed by atoms with E-state index in [0.29, 0.717) is 39.3 Å². The number of ether oxygens (including phenoxy) is 4. The minimum absolute atomic E-state index is 0.115. The third-order valence-electron chi connectivity index (χ3n) is 3.05. The Balaban J connectivity index is 1.76. The van der Waals surface area contributed by atoms with Crippen LogP contribution in [0.1, 0.15) is 12.8 Å². The monoisotopic (exact) mass is 252 g/mol. The van der Waals surface area contributed by atoms with Crippen molar-refractivity contribution in [2.24, 2.45) is 0 Å². The van der Waals surface area contributed by atoms with Crippen molar-refractivity contribution in [3.63, 3.8) is 0 Å². The Morgan fingerprint density at radius 2 is 1.33 bits per heavy atom. The zero-order chi connectivity index (χ0) is 12.8. The van der Waals surface area contributed by atoms with E-state index >= 15 is 0 Å². The first kappa shape index (κ1) is 13.3. The summed E-state index contributed by atoms with van der Waals surface area (Å²) in [7, 11) is 0. The first-order valence-corrected chi connectivity index (χ1v) is 6.07. The molecule has 0 bridgehead atoms. The average molecular weight is 252 g/mol. The summed E-state index contributed by atoms with van der Waals surface area (Å²) in [4.78, 5) is 0. The fourth-order valence-electron chi connectivity index (χ4n) is 2.23. The first-order valence-electron chi connectivity index (χ1n) is 6.07. The molecule has 4 atom stereocenters. The van der Waals surface area contributed by atoms with Gasteiger partial charge < -0.3 is 18.9 Å². The second-order valence-electron chi connectivity index (χ2n) is 4.23. The van der Waals surface area contributed by atoms with Gasteiger partial charge in [-0.15, -0.1) is 0 Å². The van der Waals surface area contributed by atoms with Crippen LogP contribution in [0.25, 0.3) is 0 Å². The van der Waals surface area contributed by atoms with Crippen molar-refractivity contribution >= 4 is 0 Å². The minimum Gasteiger partial charge on any atom is -0.372 e. The second-order valence-corrected chi connectivity index (χ2v) is 4.23. The zero-order valence-electron chi connectivity index (χ0n) is 10.1. The molecule has 2 aliphatic rings. The summed E-state index contributed by atoms with van der Waals surface area (Å²) in [6.45, 7) is 1.74. The molecule has 0 N–H and O–H groups in total. The molecule has 6 nitrogen and oxygen atoms in total. The zero-order valence-corrected chi connectivity index (χ0v) is 10.1. The highest BCUT2D eigenvalue weighted by molar-refractivity contribution is 4.96. The van der Waals surface area contributed by atoms with E-state index in [9.17, 15) is 0 Å². The Hall–Kier alpha value is -1.18. The van der Waals surface area contributed by atoms with E-state index in [1.165, 1.54) is 0 Å². The molecule has 2 unspecified atom stereocenters. The van der Waals surface area contributed by atoms with Gasteiger partial charge in [0.05, 0.1) is 51.4 Å². The van der Waals surface area contributed by atoms with E-state index < -0.39 is 0 Å². The topological polar surface area (TPSA) is 84.5 Å². The van der Waals surface area contributed by atoms with Gasteiger partial charge in [-0.05, 0) is 0 Å². The van der Waals surface area contributed by atoms with Gasteiger partial charge in [0.25, 0.3) is 0 Å². The Bertz CT molecular complexity index is 315. The predicted octanol–water partition coefficient (Wildman–Crippen LogP) is 0.382. The van der Waals surface area contributed by atoms with Crippen LogP contribution in [0, 0.1) is 22.7 Å². The van der Waals surface area contributed by atoms with Crippen LogP contribution in [0.5, 0.6) is 0 Å². The lowest BCUT2D eigenvalue weighted by Gasteiger charge is -2.16. The number of hydrogen-bond acceptors (Lipinski definition) is 6. The lowest BCUT2D eigenvalue weighted by molar-refractivity contribution is -0.0484. The summed E-state index contributed by atoms with van der Waals surface area (Å²) in [5.41, 5.74) is 0. The molecule has 0 aromatic carbocycles. The summed E-state index contributed by atoms with van der Waals surface area (Å²) < 4.78 is 22.3. The maximum Gasteiger partial charge on any atom is 0.115 e. The highest BCUT2D eigenvalue weighted by Crippen LogP contribution is 2.30. The molecule has 2 saturated heterocycles. The van der Waals surface area contributed by atoms with Crippen molar-refractivity contribution in [3.8, 4) is 12.1 Å². The van der Waals surface area contributed by atoms with Crippen LogP contribution in [0.3, 0.4) is 0 Å². The molecule has 0 aromatic heterocycles. The quantitative estimate of drug-likeness (QED) is 0.635. The standard InChI is InChI=1S/C12H16N2O4/c13-3-1-5-15-9-7-17-12-10(8-18-11(9)12)16-6-2-4-14/h9-12H,1-2,5-8H2/t9-,10+,11?,12?. The fourth-order valence-corrected chi connectivity index (χ4v) is 2.23.